The Hall–Kier alpha value is -1.61. The molecule has 0 aliphatic heterocycles. The van der Waals surface area contributed by atoms with Crippen molar-refractivity contribution in [3.63, 3.8) is 0 Å². The minimum atomic E-state index is -0.601. The molecule has 0 spiro atoms. The van der Waals surface area contributed by atoms with Crippen molar-refractivity contribution in [3.05, 3.63) is 52.8 Å². The molecule has 3 heteroatoms. The van der Waals surface area contributed by atoms with Gasteiger partial charge in [0, 0.05) is 6.54 Å². The van der Waals surface area contributed by atoms with Gasteiger partial charge in [-0.25, -0.2) is 0 Å². The second kappa shape index (κ2) is 4.72. The van der Waals surface area contributed by atoms with Crippen LogP contribution < -0.4 is 0 Å². The SMILES string of the molecule is CCn1nc(C)cc1C(O)c1cccc(C)c1. The van der Waals surface area contributed by atoms with Gasteiger partial charge in [-0.15, -0.1) is 0 Å². The number of aliphatic hydroxyl groups excluding tert-OH is 1. The predicted octanol–water partition coefficient (Wildman–Crippen LogP) is 2.60. The maximum absolute atomic E-state index is 10.4. The summed E-state index contributed by atoms with van der Waals surface area (Å²) in [7, 11) is 0. The molecule has 1 aromatic heterocycles. The van der Waals surface area contributed by atoms with E-state index < -0.39 is 6.10 Å². The molecular weight excluding hydrogens is 212 g/mol. The van der Waals surface area contributed by atoms with E-state index in [4.69, 9.17) is 0 Å². The highest BCUT2D eigenvalue weighted by atomic mass is 16.3. The summed E-state index contributed by atoms with van der Waals surface area (Å²) in [5.41, 5.74) is 3.87. The lowest BCUT2D eigenvalue weighted by atomic mass is 10.0. The van der Waals surface area contributed by atoms with Crippen LogP contribution in [0.5, 0.6) is 0 Å². The molecule has 3 nitrogen and oxygen atoms in total. The van der Waals surface area contributed by atoms with Crippen molar-refractivity contribution in [2.24, 2.45) is 0 Å². The van der Waals surface area contributed by atoms with Crippen LogP contribution in [0.4, 0.5) is 0 Å². The highest BCUT2D eigenvalue weighted by Crippen LogP contribution is 2.23. The molecule has 0 aliphatic carbocycles. The molecule has 0 amide bonds. The summed E-state index contributed by atoms with van der Waals surface area (Å²) in [6, 6.07) is 9.88. The molecule has 0 saturated heterocycles. The van der Waals surface area contributed by atoms with Crippen LogP contribution in [0.15, 0.2) is 30.3 Å². The monoisotopic (exact) mass is 230 g/mol. The van der Waals surface area contributed by atoms with Crippen LogP contribution in [0.3, 0.4) is 0 Å². The van der Waals surface area contributed by atoms with E-state index in [0.717, 1.165) is 29.1 Å². The fourth-order valence-electron chi connectivity index (χ4n) is 2.05. The molecule has 1 aromatic carbocycles. The lowest BCUT2D eigenvalue weighted by Gasteiger charge is -2.13. The van der Waals surface area contributed by atoms with Crippen molar-refractivity contribution in [2.45, 2.75) is 33.4 Å². The number of rotatable bonds is 3. The van der Waals surface area contributed by atoms with E-state index in [2.05, 4.69) is 5.10 Å². The molecule has 0 saturated carbocycles. The van der Waals surface area contributed by atoms with Crippen molar-refractivity contribution < 1.29 is 5.11 Å². The molecule has 90 valence electrons. The molecule has 0 bridgehead atoms. The summed E-state index contributed by atoms with van der Waals surface area (Å²) in [6.45, 7) is 6.77. The Kier molecular flexibility index (Phi) is 3.29. The van der Waals surface area contributed by atoms with Crippen LogP contribution in [0.25, 0.3) is 0 Å². The van der Waals surface area contributed by atoms with Gasteiger partial charge in [0.05, 0.1) is 11.4 Å². The van der Waals surface area contributed by atoms with Gasteiger partial charge in [-0.1, -0.05) is 29.8 Å². The third-order valence-corrected chi connectivity index (χ3v) is 2.87. The molecule has 1 N–H and O–H groups in total. The van der Waals surface area contributed by atoms with E-state index in [0.29, 0.717) is 0 Å². The molecule has 0 fully saturated rings. The van der Waals surface area contributed by atoms with Gasteiger partial charge >= 0.3 is 0 Å². The summed E-state index contributed by atoms with van der Waals surface area (Å²) in [5, 5.41) is 14.7. The molecular formula is C14H18N2O. The van der Waals surface area contributed by atoms with Crippen LogP contribution in [-0.2, 0) is 6.54 Å². The van der Waals surface area contributed by atoms with Gasteiger partial charge in [-0.2, -0.15) is 5.10 Å². The second-order valence-electron chi connectivity index (χ2n) is 4.34. The first kappa shape index (κ1) is 11.9. The van der Waals surface area contributed by atoms with Crippen molar-refractivity contribution in [1.29, 1.82) is 0 Å². The minimum Gasteiger partial charge on any atom is -0.382 e. The normalized spacial score (nSPS) is 12.7. The highest BCUT2D eigenvalue weighted by molar-refractivity contribution is 5.30. The van der Waals surface area contributed by atoms with Crippen molar-refractivity contribution in [1.82, 2.24) is 9.78 Å². The van der Waals surface area contributed by atoms with Crippen LogP contribution >= 0.6 is 0 Å². The fourth-order valence-corrected chi connectivity index (χ4v) is 2.05. The predicted molar refractivity (Wildman–Crippen MR) is 67.9 cm³/mol. The van der Waals surface area contributed by atoms with Crippen molar-refractivity contribution in [3.8, 4) is 0 Å². The third kappa shape index (κ3) is 2.39. The van der Waals surface area contributed by atoms with Crippen LogP contribution in [0.1, 0.15) is 35.5 Å². The number of aliphatic hydroxyl groups is 1. The Morgan fingerprint density at radius 2 is 2.06 bits per heavy atom. The molecule has 2 rings (SSSR count). The first-order valence-electron chi connectivity index (χ1n) is 5.90. The number of aryl methyl sites for hydroxylation is 3. The summed E-state index contributed by atoms with van der Waals surface area (Å²) < 4.78 is 1.85. The molecule has 1 heterocycles. The summed E-state index contributed by atoms with van der Waals surface area (Å²) in [5.74, 6) is 0. The highest BCUT2D eigenvalue weighted by Gasteiger charge is 2.16. The van der Waals surface area contributed by atoms with E-state index in [1.807, 2.05) is 55.8 Å². The van der Waals surface area contributed by atoms with Gasteiger partial charge < -0.3 is 5.11 Å². The average Bonchev–Trinajstić information content (AvgIpc) is 2.69. The number of nitrogens with zero attached hydrogens (tertiary/aromatic N) is 2. The topological polar surface area (TPSA) is 38.0 Å². The van der Waals surface area contributed by atoms with Gasteiger partial charge in [0.15, 0.2) is 0 Å². The van der Waals surface area contributed by atoms with Gasteiger partial charge in [0.2, 0.25) is 0 Å². The maximum Gasteiger partial charge on any atom is 0.121 e. The van der Waals surface area contributed by atoms with Crippen LogP contribution in [0, 0.1) is 13.8 Å². The third-order valence-electron chi connectivity index (χ3n) is 2.87. The zero-order valence-electron chi connectivity index (χ0n) is 10.5. The van der Waals surface area contributed by atoms with Gasteiger partial charge in [-0.3, -0.25) is 4.68 Å². The molecule has 17 heavy (non-hydrogen) atoms. The average molecular weight is 230 g/mol. The number of hydrogen-bond acceptors (Lipinski definition) is 2. The maximum atomic E-state index is 10.4. The zero-order valence-corrected chi connectivity index (χ0v) is 10.5. The molecule has 1 unspecified atom stereocenters. The van der Waals surface area contributed by atoms with Gasteiger partial charge in [0.1, 0.15) is 6.10 Å². The van der Waals surface area contributed by atoms with Crippen molar-refractivity contribution in [2.75, 3.05) is 0 Å². The molecule has 2 aromatic rings. The molecule has 1 atom stereocenters. The Balaban J connectivity index is 2.39. The van der Waals surface area contributed by atoms with Gasteiger partial charge in [0.25, 0.3) is 0 Å². The Morgan fingerprint density at radius 3 is 2.71 bits per heavy atom. The number of benzene rings is 1. The summed E-state index contributed by atoms with van der Waals surface area (Å²) in [4.78, 5) is 0. The minimum absolute atomic E-state index is 0.601. The zero-order chi connectivity index (χ0) is 12.4. The van der Waals surface area contributed by atoms with E-state index in [-0.39, 0.29) is 0 Å². The van der Waals surface area contributed by atoms with E-state index >= 15 is 0 Å². The van der Waals surface area contributed by atoms with Gasteiger partial charge in [-0.05, 0) is 32.4 Å². The molecule has 0 aliphatic rings. The molecule has 0 radical (unpaired) electrons. The van der Waals surface area contributed by atoms with Crippen LogP contribution in [-0.4, -0.2) is 14.9 Å². The Labute approximate surface area is 102 Å². The van der Waals surface area contributed by atoms with E-state index in [1.54, 1.807) is 0 Å². The summed E-state index contributed by atoms with van der Waals surface area (Å²) >= 11 is 0. The lowest BCUT2D eigenvalue weighted by molar-refractivity contribution is 0.208. The van der Waals surface area contributed by atoms with Crippen molar-refractivity contribution >= 4 is 0 Å². The first-order valence-corrected chi connectivity index (χ1v) is 5.90. The quantitative estimate of drug-likeness (QED) is 0.880. The number of aromatic nitrogens is 2. The summed E-state index contributed by atoms with van der Waals surface area (Å²) in [6.07, 6.45) is -0.601. The standard InChI is InChI=1S/C14H18N2O/c1-4-16-13(9-11(3)15-16)14(17)12-7-5-6-10(2)8-12/h5-9,14,17H,4H2,1-3H3. The number of hydrogen-bond donors (Lipinski definition) is 1. The fraction of sp³-hybridized carbons (Fsp3) is 0.357. The first-order chi connectivity index (χ1) is 8.11. The van der Waals surface area contributed by atoms with E-state index in [9.17, 15) is 5.11 Å². The van der Waals surface area contributed by atoms with E-state index in [1.165, 1.54) is 0 Å². The smallest absolute Gasteiger partial charge is 0.121 e. The Morgan fingerprint density at radius 1 is 1.29 bits per heavy atom. The lowest BCUT2D eigenvalue weighted by Crippen LogP contribution is -2.09. The van der Waals surface area contributed by atoms with Crippen LogP contribution in [0.2, 0.25) is 0 Å². The second-order valence-corrected chi connectivity index (χ2v) is 4.34. The Bertz CT molecular complexity index is 517. The largest absolute Gasteiger partial charge is 0.382 e.